The highest BCUT2D eigenvalue weighted by molar-refractivity contribution is 6.12. The number of benzene rings is 9. The summed E-state index contributed by atoms with van der Waals surface area (Å²) in [5.74, 6) is 0. The van der Waals surface area contributed by atoms with Gasteiger partial charge in [0.05, 0.1) is 39.6 Å². The molecule has 4 heteroatoms. The Morgan fingerprint density at radius 3 is 1.16 bits per heavy atom. The molecule has 0 bridgehead atoms. The third-order valence-electron chi connectivity index (χ3n) is 12.3. The lowest BCUT2D eigenvalue weighted by Crippen LogP contribution is -2.10. The summed E-state index contributed by atoms with van der Waals surface area (Å²) in [5.41, 5.74) is 16.7. The van der Waals surface area contributed by atoms with Gasteiger partial charge >= 0.3 is 0 Å². The first-order valence-electron chi connectivity index (χ1n) is 21.4. The van der Waals surface area contributed by atoms with Gasteiger partial charge in [0.25, 0.3) is 0 Å². The monoisotopic (exact) mass is 804 g/mol. The largest absolute Gasteiger partial charge is 0.309 e. The number of hydrogen-bond donors (Lipinski definition) is 0. The second-order valence-electron chi connectivity index (χ2n) is 16.0. The number of hydrogen-bond acceptors (Lipinski definition) is 2. The molecule has 63 heavy (non-hydrogen) atoms. The van der Waals surface area contributed by atoms with Gasteiger partial charge in [0, 0.05) is 49.9 Å². The summed E-state index contributed by atoms with van der Waals surface area (Å²) in [7, 11) is 0. The van der Waals surface area contributed by atoms with Gasteiger partial charge in [-0.2, -0.15) is 0 Å². The quantitative estimate of drug-likeness (QED) is 0.153. The minimum atomic E-state index is 0.909. The Balaban J connectivity index is 1.04. The van der Waals surface area contributed by atoms with Crippen LogP contribution in [0, 0.1) is 0 Å². The molecule has 4 nitrogen and oxygen atoms in total. The molecule has 0 spiro atoms. The molecule has 0 radical (unpaired) electrons. The topological polar surface area (TPSA) is 26.0 Å². The van der Waals surface area contributed by atoms with E-state index < -0.39 is 0 Å². The molecule has 0 saturated heterocycles. The van der Waals surface area contributed by atoms with Crippen molar-refractivity contribution in [2.24, 2.45) is 0 Å². The third-order valence-corrected chi connectivity index (χ3v) is 12.3. The summed E-state index contributed by atoms with van der Waals surface area (Å²) < 4.78 is 4.74. The summed E-state index contributed by atoms with van der Waals surface area (Å²) in [6.45, 7) is 0. The first-order valence-corrected chi connectivity index (χ1v) is 21.4. The van der Waals surface area contributed by atoms with Gasteiger partial charge in [-0.3, -0.25) is 4.98 Å². The number of para-hydroxylation sites is 6. The van der Waals surface area contributed by atoms with Crippen LogP contribution in [0.15, 0.2) is 243 Å². The van der Waals surface area contributed by atoms with E-state index in [1.54, 1.807) is 0 Å². The van der Waals surface area contributed by atoms with E-state index in [-0.39, 0.29) is 0 Å². The van der Waals surface area contributed by atoms with Crippen LogP contribution in [0.5, 0.6) is 0 Å². The number of nitrogens with zero attached hydrogens (tertiary/aromatic N) is 4. The van der Waals surface area contributed by atoms with E-state index in [1.807, 2.05) is 6.20 Å². The maximum Gasteiger partial charge on any atom is 0.0704 e. The van der Waals surface area contributed by atoms with E-state index in [0.717, 1.165) is 61.9 Å². The Bertz CT molecular complexity index is 3380. The van der Waals surface area contributed by atoms with E-state index in [4.69, 9.17) is 4.98 Å². The van der Waals surface area contributed by atoms with Crippen LogP contribution in [0.1, 0.15) is 0 Å². The zero-order chi connectivity index (χ0) is 41.7. The van der Waals surface area contributed by atoms with E-state index in [2.05, 4.69) is 251 Å². The molecule has 9 aromatic carbocycles. The molecule has 0 fully saturated rings. The van der Waals surface area contributed by atoms with Gasteiger partial charge in [-0.1, -0.05) is 121 Å². The molecule has 3 aromatic heterocycles. The SMILES string of the molecule is c1ccc(N(c2ccccc2)c2ccc(-c3cc(-c4ccc5c(c4)c4ccccc4n5-c4ccccc4)cc(-c4ccc5c(c4)c4ccccc4n5-c4ccccc4)c3)nc2)cc1. The molecule has 12 rings (SSSR count). The fourth-order valence-corrected chi connectivity index (χ4v) is 9.41. The highest BCUT2D eigenvalue weighted by Crippen LogP contribution is 2.41. The molecule has 0 amide bonds. The lowest BCUT2D eigenvalue weighted by molar-refractivity contribution is 1.18. The van der Waals surface area contributed by atoms with Crippen molar-refractivity contribution in [3.05, 3.63) is 243 Å². The molecule has 0 aliphatic carbocycles. The third kappa shape index (κ3) is 6.36. The average molecular weight is 805 g/mol. The Hall–Kier alpha value is -8.47. The minimum absolute atomic E-state index is 0.909. The van der Waals surface area contributed by atoms with E-state index in [0.29, 0.717) is 0 Å². The Morgan fingerprint density at radius 2 is 0.698 bits per heavy atom. The summed E-state index contributed by atoms with van der Waals surface area (Å²) in [6.07, 6.45) is 2.00. The lowest BCUT2D eigenvalue weighted by atomic mass is 9.93. The summed E-state index contributed by atoms with van der Waals surface area (Å²) >= 11 is 0. The molecule has 0 atom stereocenters. The Labute approximate surface area is 365 Å². The van der Waals surface area contributed by atoms with Gasteiger partial charge in [0.1, 0.15) is 0 Å². The van der Waals surface area contributed by atoms with Crippen LogP contribution in [0.25, 0.3) is 88.5 Å². The van der Waals surface area contributed by atoms with Crippen molar-refractivity contribution in [3.8, 4) is 44.9 Å². The zero-order valence-corrected chi connectivity index (χ0v) is 34.4. The van der Waals surface area contributed by atoms with Crippen molar-refractivity contribution < 1.29 is 0 Å². The van der Waals surface area contributed by atoms with Crippen molar-refractivity contribution in [1.82, 2.24) is 14.1 Å². The first-order chi connectivity index (χ1) is 31.2. The van der Waals surface area contributed by atoms with Crippen LogP contribution in [-0.2, 0) is 0 Å². The van der Waals surface area contributed by atoms with Gasteiger partial charge in [-0.05, 0) is 138 Å². The van der Waals surface area contributed by atoms with Crippen molar-refractivity contribution in [2.75, 3.05) is 4.90 Å². The van der Waals surface area contributed by atoms with Gasteiger partial charge in [-0.15, -0.1) is 0 Å². The molecule has 3 heterocycles. The van der Waals surface area contributed by atoms with Gasteiger partial charge in [0.15, 0.2) is 0 Å². The van der Waals surface area contributed by atoms with E-state index in [9.17, 15) is 0 Å². The fourth-order valence-electron chi connectivity index (χ4n) is 9.41. The number of aromatic nitrogens is 3. The predicted octanol–water partition coefficient (Wildman–Crippen LogP) is 15.7. The normalized spacial score (nSPS) is 11.5. The van der Waals surface area contributed by atoms with Gasteiger partial charge in [0.2, 0.25) is 0 Å². The number of fused-ring (bicyclic) bond motifs is 6. The van der Waals surface area contributed by atoms with E-state index in [1.165, 1.54) is 43.6 Å². The summed E-state index contributed by atoms with van der Waals surface area (Å²) in [4.78, 5) is 7.45. The number of rotatable bonds is 8. The first kappa shape index (κ1) is 36.4. The van der Waals surface area contributed by atoms with Crippen LogP contribution in [0.2, 0.25) is 0 Å². The average Bonchev–Trinajstić information content (AvgIpc) is 3.88. The second kappa shape index (κ2) is 15.2. The highest BCUT2D eigenvalue weighted by Gasteiger charge is 2.18. The second-order valence-corrected chi connectivity index (χ2v) is 16.0. The van der Waals surface area contributed by atoms with Crippen molar-refractivity contribution in [1.29, 1.82) is 0 Å². The molecule has 12 aromatic rings. The lowest BCUT2D eigenvalue weighted by Gasteiger charge is -2.25. The maximum atomic E-state index is 5.20. The zero-order valence-electron chi connectivity index (χ0n) is 34.4. The number of anilines is 3. The maximum absolute atomic E-state index is 5.20. The highest BCUT2D eigenvalue weighted by atomic mass is 15.1. The van der Waals surface area contributed by atoms with Crippen molar-refractivity contribution in [3.63, 3.8) is 0 Å². The van der Waals surface area contributed by atoms with Gasteiger partial charge < -0.3 is 14.0 Å². The minimum Gasteiger partial charge on any atom is -0.309 e. The Kier molecular flexibility index (Phi) is 8.79. The standard InChI is InChI=1S/C59H40N4/c1-5-17-46(18-6-1)61(47-19-7-2-8-20-47)50-31-32-55(60-40-50)45-36-43(41-29-33-58-53(38-41)51-25-13-15-27-56(51)62(58)48-21-9-3-10-22-48)35-44(37-45)42-30-34-59-54(39-42)52-26-14-16-28-57(52)63(59)49-23-11-4-12-24-49/h1-40H. The molecular formula is C59H40N4. The molecule has 0 N–H and O–H groups in total. The summed E-state index contributed by atoms with van der Waals surface area (Å²) in [5, 5.41) is 4.90. The molecule has 0 aliphatic rings. The molecular weight excluding hydrogens is 765 g/mol. The summed E-state index contributed by atoms with van der Waals surface area (Å²) in [6, 6.07) is 84.8. The van der Waals surface area contributed by atoms with Crippen molar-refractivity contribution in [2.45, 2.75) is 0 Å². The fraction of sp³-hybridized carbons (Fsp3) is 0. The van der Waals surface area contributed by atoms with Gasteiger partial charge in [-0.25, -0.2) is 0 Å². The predicted molar refractivity (Wildman–Crippen MR) is 264 cm³/mol. The molecule has 0 saturated carbocycles. The van der Waals surface area contributed by atoms with Crippen LogP contribution in [0.3, 0.4) is 0 Å². The van der Waals surface area contributed by atoms with Crippen LogP contribution in [0.4, 0.5) is 17.1 Å². The van der Waals surface area contributed by atoms with Crippen LogP contribution >= 0.6 is 0 Å². The van der Waals surface area contributed by atoms with Crippen LogP contribution in [-0.4, -0.2) is 14.1 Å². The molecule has 0 aliphatic heterocycles. The van der Waals surface area contributed by atoms with Crippen LogP contribution < -0.4 is 4.90 Å². The smallest absolute Gasteiger partial charge is 0.0704 e. The number of pyridine rings is 1. The molecule has 0 unspecified atom stereocenters. The molecule has 296 valence electrons. The Morgan fingerprint density at radius 1 is 0.286 bits per heavy atom. The van der Waals surface area contributed by atoms with E-state index >= 15 is 0 Å². The van der Waals surface area contributed by atoms with Crippen molar-refractivity contribution >= 4 is 60.7 Å².